The smallest absolute Gasteiger partial charge is 0.408 e. The van der Waals surface area contributed by atoms with Crippen molar-refractivity contribution in [2.45, 2.75) is 38.8 Å². The number of carboxylic acids is 1. The lowest BCUT2D eigenvalue weighted by atomic mass is 10.1. The van der Waals surface area contributed by atoms with E-state index in [0.29, 0.717) is 5.69 Å². The first kappa shape index (κ1) is 15.0. The third-order valence-corrected chi connectivity index (χ3v) is 2.29. The Bertz CT molecular complexity index is 462. The van der Waals surface area contributed by atoms with E-state index in [-0.39, 0.29) is 6.42 Å². The normalized spacial score (nSPS) is 12.8. The molecule has 7 nitrogen and oxygen atoms in total. The molecule has 0 fully saturated rings. The minimum Gasteiger partial charge on any atom is -0.481 e. The number of ether oxygens (including phenoxy) is 1. The Kier molecular flexibility index (Phi) is 4.52. The molecule has 1 rings (SSSR count). The number of aliphatic carboxylic acids is 1. The second-order valence-corrected chi connectivity index (χ2v) is 5.18. The van der Waals surface area contributed by atoms with E-state index in [1.807, 2.05) is 0 Å². The summed E-state index contributed by atoms with van der Waals surface area (Å²) in [6.07, 6.45) is 0.652. The van der Waals surface area contributed by atoms with Crippen molar-refractivity contribution in [3.05, 3.63) is 18.0 Å². The van der Waals surface area contributed by atoms with Crippen LogP contribution >= 0.6 is 0 Å². The van der Waals surface area contributed by atoms with Gasteiger partial charge in [-0.1, -0.05) is 0 Å². The summed E-state index contributed by atoms with van der Waals surface area (Å²) in [5, 5.41) is 15.4. The van der Waals surface area contributed by atoms with Crippen molar-refractivity contribution in [3.8, 4) is 0 Å². The SMILES string of the molecule is Cn1nccc1[C@@H](CC(=O)O)NC(=O)OC(C)(C)C. The van der Waals surface area contributed by atoms with Gasteiger partial charge in [0.25, 0.3) is 0 Å². The van der Waals surface area contributed by atoms with Crippen molar-refractivity contribution in [2.24, 2.45) is 7.05 Å². The summed E-state index contributed by atoms with van der Waals surface area (Å²) in [7, 11) is 1.68. The lowest BCUT2D eigenvalue weighted by molar-refractivity contribution is -0.137. The summed E-state index contributed by atoms with van der Waals surface area (Å²) in [4.78, 5) is 22.6. The van der Waals surface area contributed by atoms with Crippen LogP contribution in [0.5, 0.6) is 0 Å². The van der Waals surface area contributed by atoms with Gasteiger partial charge in [0.1, 0.15) is 5.60 Å². The lowest BCUT2D eigenvalue weighted by Gasteiger charge is -2.23. The van der Waals surface area contributed by atoms with Gasteiger partial charge in [-0.25, -0.2) is 4.79 Å². The topological polar surface area (TPSA) is 93.5 Å². The number of aryl methyl sites for hydroxylation is 1. The molecule has 19 heavy (non-hydrogen) atoms. The standard InChI is InChI=1S/C12H19N3O4/c1-12(2,3)19-11(18)14-8(7-10(16)17)9-5-6-13-15(9)4/h5-6,8H,7H2,1-4H3,(H,14,18)(H,16,17)/t8-/m1/s1. The van der Waals surface area contributed by atoms with E-state index >= 15 is 0 Å². The zero-order valence-electron chi connectivity index (χ0n) is 11.5. The first-order valence-corrected chi connectivity index (χ1v) is 5.88. The van der Waals surface area contributed by atoms with Crippen molar-refractivity contribution < 1.29 is 19.4 Å². The molecule has 2 N–H and O–H groups in total. The number of alkyl carbamates (subject to hydrolysis) is 1. The summed E-state index contributed by atoms with van der Waals surface area (Å²) in [5.74, 6) is -1.01. The number of hydrogen-bond donors (Lipinski definition) is 2. The molecule has 0 spiro atoms. The Hall–Kier alpha value is -2.05. The van der Waals surface area contributed by atoms with Gasteiger partial charge < -0.3 is 15.2 Å². The number of nitrogens with one attached hydrogen (secondary N) is 1. The molecule has 106 valence electrons. The van der Waals surface area contributed by atoms with E-state index in [0.717, 1.165) is 0 Å². The van der Waals surface area contributed by atoms with E-state index < -0.39 is 23.7 Å². The molecule has 0 unspecified atom stereocenters. The fourth-order valence-corrected chi connectivity index (χ4v) is 1.58. The number of rotatable bonds is 4. The van der Waals surface area contributed by atoms with Gasteiger partial charge in [-0.2, -0.15) is 5.10 Å². The van der Waals surface area contributed by atoms with Crippen LogP contribution in [-0.2, 0) is 16.6 Å². The van der Waals surface area contributed by atoms with Crippen LogP contribution in [0.25, 0.3) is 0 Å². The van der Waals surface area contributed by atoms with E-state index in [1.165, 1.54) is 4.68 Å². The van der Waals surface area contributed by atoms with Crippen LogP contribution in [0, 0.1) is 0 Å². The largest absolute Gasteiger partial charge is 0.481 e. The fraction of sp³-hybridized carbons (Fsp3) is 0.583. The number of hydrogen-bond acceptors (Lipinski definition) is 4. The number of amides is 1. The maximum absolute atomic E-state index is 11.7. The van der Waals surface area contributed by atoms with Gasteiger partial charge in [-0.15, -0.1) is 0 Å². The Morgan fingerprint density at radius 2 is 2.16 bits per heavy atom. The molecular weight excluding hydrogens is 250 g/mol. The van der Waals surface area contributed by atoms with E-state index in [4.69, 9.17) is 9.84 Å². The molecule has 0 aliphatic carbocycles. The van der Waals surface area contributed by atoms with Crippen LogP contribution in [0.4, 0.5) is 4.79 Å². The minimum absolute atomic E-state index is 0.237. The highest BCUT2D eigenvalue weighted by Gasteiger charge is 2.24. The maximum atomic E-state index is 11.7. The van der Waals surface area contributed by atoms with Crippen LogP contribution < -0.4 is 5.32 Å². The van der Waals surface area contributed by atoms with Crippen LogP contribution in [0.2, 0.25) is 0 Å². The predicted octanol–water partition coefficient (Wildman–Crippen LogP) is 1.46. The molecule has 1 amide bonds. The Labute approximate surface area is 111 Å². The highest BCUT2D eigenvalue weighted by molar-refractivity contribution is 5.72. The highest BCUT2D eigenvalue weighted by atomic mass is 16.6. The second-order valence-electron chi connectivity index (χ2n) is 5.18. The van der Waals surface area contributed by atoms with Gasteiger partial charge >= 0.3 is 12.1 Å². The van der Waals surface area contributed by atoms with Gasteiger partial charge in [-0.3, -0.25) is 9.48 Å². The van der Waals surface area contributed by atoms with Crippen molar-refractivity contribution in [3.63, 3.8) is 0 Å². The molecule has 0 saturated heterocycles. The summed E-state index contributed by atoms with van der Waals surface area (Å²) in [6, 6.07) is 0.977. The molecule has 0 bridgehead atoms. The van der Waals surface area contributed by atoms with Crippen LogP contribution in [0.1, 0.15) is 38.9 Å². The maximum Gasteiger partial charge on any atom is 0.408 e. The summed E-state index contributed by atoms with van der Waals surface area (Å²) in [6.45, 7) is 5.22. The second kappa shape index (κ2) is 5.73. The summed E-state index contributed by atoms with van der Waals surface area (Å²) >= 11 is 0. The van der Waals surface area contributed by atoms with Crippen molar-refractivity contribution in [2.75, 3.05) is 0 Å². The Morgan fingerprint density at radius 3 is 2.58 bits per heavy atom. The Balaban J connectivity index is 2.79. The molecule has 1 aromatic rings. The molecule has 1 aromatic heterocycles. The average molecular weight is 269 g/mol. The molecule has 1 atom stereocenters. The molecule has 0 aromatic carbocycles. The number of nitrogens with zero attached hydrogens (tertiary/aromatic N) is 2. The average Bonchev–Trinajstić information content (AvgIpc) is 2.59. The number of aromatic nitrogens is 2. The van der Waals surface area contributed by atoms with Crippen LogP contribution in [0.3, 0.4) is 0 Å². The zero-order chi connectivity index (χ0) is 14.6. The summed E-state index contributed by atoms with van der Waals surface area (Å²) < 4.78 is 6.63. The molecule has 0 aliphatic heterocycles. The first-order valence-electron chi connectivity index (χ1n) is 5.88. The minimum atomic E-state index is -1.01. The van der Waals surface area contributed by atoms with E-state index in [9.17, 15) is 9.59 Å². The van der Waals surface area contributed by atoms with Crippen LogP contribution in [-0.4, -0.2) is 32.6 Å². The number of carbonyl (C=O) groups is 2. The van der Waals surface area contributed by atoms with Gasteiger partial charge in [0.15, 0.2) is 0 Å². The highest BCUT2D eigenvalue weighted by Crippen LogP contribution is 2.17. The zero-order valence-corrected chi connectivity index (χ0v) is 11.5. The third kappa shape index (κ3) is 4.99. The van der Waals surface area contributed by atoms with Crippen molar-refractivity contribution in [1.82, 2.24) is 15.1 Å². The monoisotopic (exact) mass is 269 g/mol. The lowest BCUT2D eigenvalue weighted by Crippen LogP contribution is -2.36. The third-order valence-electron chi connectivity index (χ3n) is 2.29. The molecule has 7 heteroatoms. The van der Waals surface area contributed by atoms with E-state index in [1.54, 1.807) is 40.1 Å². The first-order chi connectivity index (χ1) is 8.69. The molecule has 0 saturated carbocycles. The molecular formula is C12H19N3O4. The van der Waals surface area contributed by atoms with Crippen molar-refractivity contribution in [1.29, 1.82) is 0 Å². The van der Waals surface area contributed by atoms with Gasteiger partial charge in [0, 0.05) is 13.2 Å². The predicted molar refractivity (Wildman–Crippen MR) is 67.6 cm³/mol. The van der Waals surface area contributed by atoms with Gasteiger partial charge in [0.2, 0.25) is 0 Å². The quantitative estimate of drug-likeness (QED) is 0.863. The van der Waals surface area contributed by atoms with E-state index in [2.05, 4.69) is 10.4 Å². The van der Waals surface area contributed by atoms with Gasteiger partial charge in [-0.05, 0) is 26.8 Å². The van der Waals surface area contributed by atoms with Gasteiger partial charge in [0.05, 0.1) is 18.2 Å². The molecule has 0 radical (unpaired) electrons. The summed E-state index contributed by atoms with van der Waals surface area (Å²) in [5.41, 5.74) is -0.0297. The van der Waals surface area contributed by atoms with Crippen molar-refractivity contribution >= 4 is 12.1 Å². The van der Waals surface area contributed by atoms with Crippen LogP contribution in [0.15, 0.2) is 12.3 Å². The molecule has 0 aliphatic rings. The Morgan fingerprint density at radius 1 is 1.53 bits per heavy atom. The fourth-order valence-electron chi connectivity index (χ4n) is 1.58. The number of carboxylic acid groups (broad SMARTS) is 1. The number of carbonyl (C=O) groups excluding carboxylic acids is 1. The molecule has 1 heterocycles.